The number of carboxylic acids is 1. The van der Waals surface area contributed by atoms with Gasteiger partial charge in [-0.25, -0.2) is 9.18 Å². The summed E-state index contributed by atoms with van der Waals surface area (Å²) in [5.41, 5.74) is 1.91. The van der Waals surface area contributed by atoms with Gasteiger partial charge in [-0.05, 0) is 80.4 Å². The third-order valence-electron chi connectivity index (χ3n) is 13.5. The molecule has 0 amide bonds. The average molecular weight is 750 g/mol. The number of anilines is 2. The van der Waals surface area contributed by atoms with Gasteiger partial charge >= 0.3 is 23.9 Å². The number of aliphatic carboxylic acids is 1. The van der Waals surface area contributed by atoms with E-state index in [0.717, 1.165) is 37.7 Å². The Morgan fingerprint density at radius 2 is 1.76 bits per heavy atom. The quantitative estimate of drug-likeness (QED) is 0.150. The smallest absolute Gasteiger partial charge is 0.335 e. The Morgan fingerprint density at radius 3 is 2.37 bits per heavy atom. The fourth-order valence-electron chi connectivity index (χ4n) is 10.6. The number of ketones is 1. The number of carboxylic acid groups (broad SMARTS) is 1. The van der Waals surface area contributed by atoms with E-state index < -0.39 is 35.0 Å². The first-order valence-corrected chi connectivity index (χ1v) is 19.3. The molecule has 3 aliphatic heterocycles. The van der Waals surface area contributed by atoms with Crippen molar-refractivity contribution in [2.45, 2.75) is 90.8 Å². The molecule has 13 heteroatoms. The molecule has 4 fully saturated rings. The van der Waals surface area contributed by atoms with E-state index in [-0.39, 0.29) is 72.6 Å². The van der Waals surface area contributed by atoms with Gasteiger partial charge in [-0.1, -0.05) is 26.0 Å². The number of fused-ring (bicyclic) bond motifs is 2. The van der Waals surface area contributed by atoms with E-state index in [9.17, 15) is 29.1 Å². The molecule has 54 heavy (non-hydrogen) atoms. The number of carbonyl (C=O) groups excluding carboxylic acids is 4. The second kappa shape index (κ2) is 14.4. The summed E-state index contributed by atoms with van der Waals surface area (Å²) in [6.07, 6.45) is 6.81. The van der Waals surface area contributed by atoms with Gasteiger partial charge in [0.25, 0.3) is 0 Å². The lowest BCUT2D eigenvalue weighted by Gasteiger charge is -2.61. The standard InChI is InChI=1S/C41H52FN3O9/c1-23-6-9-35-40(4,12-10-36(54-25(3)47)41(35,5)22-53-24(2)46)30(23)19-32(27-11-17-52-39(27)51)43-13-15-44(16-14-43)34-20-33-28(18-31(34)42)37(48)29(38(49)50)21-45(33)26-7-8-26/h11,18,20,26,29-30,32,35-36H,1,6-10,12-17,19,21-22H2,2-5H3,(H,49,50)/t29?,30-,32?,35+,36-,40+,41+/m1/s1. The molecule has 3 aliphatic carbocycles. The number of esters is 3. The van der Waals surface area contributed by atoms with Crippen LogP contribution in [0, 0.1) is 34.4 Å². The topological polar surface area (TPSA) is 143 Å². The summed E-state index contributed by atoms with van der Waals surface area (Å²) < 4.78 is 32.8. The number of benzene rings is 1. The largest absolute Gasteiger partial charge is 0.481 e. The Bertz CT molecular complexity index is 1780. The van der Waals surface area contributed by atoms with Gasteiger partial charge in [0.05, 0.1) is 16.9 Å². The number of nitrogens with zero attached hydrogens (tertiary/aromatic N) is 3. The predicted molar refractivity (Wildman–Crippen MR) is 196 cm³/mol. The van der Waals surface area contributed by atoms with Crippen molar-refractivity contribution in [3.05, 3.63) is 47.3 Å². The van der Waals surface area contributed by atoms with E-state index >= 15 is 4.39 Å². The molecule has 3 heterocycles. The molecule has 1 aromatic rings. The second-order valence-corrected chi connectivity index (χ2v) is 16.7. The summed E-state index contributed by atoms with van der Waals surface area (Å²) in [6.45, 7) is 14.1. The van der Waals surface area contributed by atoms with Crippen molar-refractivity contribution in [3.63, 3.8) is 0 Å². The van der Waals surface area contributed by atoms with Gasteiger partial charge in [-0.2, -0.15) is 0 Å². The van der Waals surface area contributed by atoms with Crippen molar-refractivity contribution in [3.8, 4) is 0 Å². The number of piperazine rings is 1. The van der Waals surface area contributed by atoms with Gasteiger partial charge in [-0.3, -0.25) is 24.1 Å². The summed E-state index contributed by atoms with van der Waals surface area (Å²) >= 11 is 0. The molecule has 2 unspecified atom stereocenters. The van der Waals surface area contributed by atoms with Crippen LogP contribution in [-0.2, 0) is 33.4 Å². The second-order valence-electron chi connectivity index (χ2n) is 16.7. The van der Waals surface area contributed by atoms with Crippen LogP contribution in [0.2, 0.25) is 0 Å². The number of cyclic esters (lactones) is 1. The van der Waals surface area contributed by atoms with E-state index in [1.165, 1.54) is 19.9 Å². The van der Waals surface area contributed by atoms with Crippen molar-refractivity contribution in [1.82, 2.24) is 4.90 Å². The minimum absolute atomic E-state index is 0.00201. The van der Waals surface area contributed by atoms with Crippen molar-refractivity contribution < 1.29 is 47.7 Å². The highest BCUT2D eigenvalue weighted by Crippen LogP contribution is 2.63. The zero-order chi connectivity index (χ0) is 38.7. The molecule has 3 saturated carbocycles. The van der Waals surface area contributed by atoms with Crippen LogP contribution in [0.4, 0.5) is 15.8 Å². The highest BCUT2D eigenvalue weighted by atomic mass is 19.1. The van der Waals surface area contributed by atoms with Crippen LogP contribution < -0.4 is 9.80 Å². The van der Waals surface area contributed by atoms with Crippen LogP contribution in [0.5, 0.6) is 0 Å². The highest BCUT2D eigenvalue weighted by molar-refractivity contribution is 6.13. The van der Waals surface area contributed by atoms with Gasteiger partial charge in [0.15, 0.2) is 5.78 Å². The third kappa shape index (κ3) is 6.81. The van der Waals surface area contributed by atoms with Crippen molar-refractivity contribution in [2.75, 3.05) is 55.7 Å². The summed E-state index contributed by atoms with van der Waals surface area (Å²) in [5.74, 6) is -4.58. The van der Waals surface area contributed by atoms with Gasteiger partial charge in [0.2, 0.25) is 0 Å². The molecule has 6 aliphatic rings. The van der Waals surface area contributed by atoms with Gasteiger partial charge in [0.1, 0.15) is 31.1 Å². The average Bonchev–Trinajstić information content (AvgIpc) is 3.88. The minimum atomic E-state index is -1.22. The first-order valence-electron chi connectivity index (χ1n) is 19.3. The lowest BCUT2D eigenvalue weighted by Crippen LogP contribution is -2.59. The number of ether oxygens (including phenoxy) is 3. The lowest BCUT2D eigenvalue weighted by molar-refractivity contribution is -0.192. The van der Waals surface area contributed by atoms with Gasteiger partial charge in [-0.15, -0.1) is 0 Å². The fraction of sp³-hybridized carbons (Fsp3) is 0.634. The van der Waals surface area contributed by atoms with E-state index in [0.29, 0.717) is 56.0 Å². The molecule has 0 spiro atoms. The lowest BCUT2D eigenvalue weighted by atomic mass is 9.45. The van der Waals surface area contributed by atoms with Crippen LogP contribution in [0.25, 0.3) is 0 Å². The van der Waals surface area contributed by atoms with Crippen molar-refractivity contribution in [1.29, 1.82) is 0 Å². The number of Topliss-reactive ketones (excluding diaryl/α,β-unsaturated/α-hetero) is 1. The highest BCUT2D eigenvalue weighted by Gasteiger charge is 2.60. The zero-order valence-corrected chi connectivity index (χ0v) is 31.7. The summed E-state index contributed by atoms with van der Waals surface area (Å²) in [6, 6.07) is 2.79. The maximum Gasteiger partial charge on any atom is 0.335 e. The molecule has 0 aromatic heterocycles. The molecule has 0 radical (unpaired) electrons. The van der Waals surface area contributed by atoms with Crippen LogP contribution in [0.3, 0.4) is 0 Å². The van der Waals surface area contributed by atoms with Crippen molar-refractivity contribution in [2.24, 2.45) is 28.6 Å². The minimum Gasteiger partial charge on any atom is -0.481 e. The van der Waals surface area contributed by atoms with E-state index in [2.05, 4.69) is 25.3 Å². The Morgan fingerprint density at radius 1 is 1.04 bits per heavy atom. The van der Waals surface area contributed by atoms with E-state index in [4.69, 9.17) is 14.2 Å². The Kier molecular flexibility index (Phi) is 10.2. The maximum absolute atomic E-state index is 15.9. The molecular weight excluding hydrogens is 697 g/mol. The van der Waals surface area contributed by atoms with Gasteiger partial charge in [0, 0.05) is 69.6 Å². The molecule has 7 rings (SSSR count). The van der Waals surface area contributed by atoms with E-state index in [1.807, 2.05) is 15.9 Å². The number of hydrogen-bond donors (Lipinski definition) is 1. The van der Waals surface area contributed by atoms with E-state index in [1.54, 1.807) is 6.07 Å². The third-order valence-corrected chi connectivity index (χ3v) is 13.5. The number of halogens is 1. The normalized spacial score (nSPS) is 31.9. The molecule has 7 atom stereocenters. The molecule has 1 saturated heterocycles. The SMILES string of the molecule is C=C1CC[C@@H]2[C@](C)(COC(C)=O)[C@H](OC(C)=O)CC[C@@]2(C)[C@@H]1CC(C1=CCOC1=O)N1CCN(c2cc3c(cc2F)C(=O)C(C(=O)O)CN3C2CC2)CC1. The Balaban J connectivity index is 1.14. The first-order chi connectivity index (χ1) is 25.6. The fourth-order valence-corrected chi connectivity index (χ4v) is 10.6. The van der Waals surface area contributed by atoms with Crippen LogP contribution in [0.1, 0.15) is 83.0 Å². The number of allylic oxidation sites excluding steroid dienone is 1. The molecule has 12 nitrogen and oxygen atoms in total. The van der Waals surface area contributed by atoms with Crippen molar-refractivity contribution >= 4 is 41.0 Å². The Hall–Kier alpha value is -4.26. The first kappa shape index (κ1) is 38.0. The molecular formula is C41H52FN3O9. The molecule has 0 bridgehead atoms. The van der Waals surface area contributed by atoms with Crippen LogP contribution in [0.15, 0.2) is 35.9 Å². The maximum atomic E-state index is 15.9. The zero-order valence-electron chi connectivity index (χ0n) is 31.7. The summed E-state index contributed by atoms with van der Waals surface area (Å²) in [7, 11) is 0. The van der Waals surface area contributed by atoms with Crippen LogP contribution in [-0.4, -0.2) is 104 Å². The molecule has 292 valence electrons. The number of rotatable bonds is 10. The monoisotopic (exact) mass is 749 g/mol. The number of carbonyl (C=O) groups is 5. The molecule has 1 N–H and O–H groups in total. The number of hydrogen-bond acceptors (Lipinski definition) is 11. The summed E-state index contributed by atoms with van der Waals surface area (Å²) in [5, 5.41) is 9.71. The predicted octanol–water partition coefficient (Wildman–Crippen LogP) is 4.94. The Labute approximate surface area is 315 Å². The summed E-state index contributed by atoms with van der Waals surface area (Å²) in [4.78, 5) is 68.7. The van der Waals surface area contributed by atoms with Gasteiger partial charge < -0.3 is 29.1 Å². The molecule has 1 aromatic carbocycles. The van der Waals surface area contributed by atoms with Crippen LogP contribution >= 0.6 is 0 Å².